The summed E-state index contributed by atoms with van der Waals surface area (Å²) >= 11 is 17.4. The van der Waals surface area contributed by atoms with Crippen molar-refractivity contribution in [1.82, 2.24) is 5.43 Å². The van der Waals surface area contributed by atoms with Gasteiger partial charge < -0.3 is 0 Å². The minimum Gasteiger partial charge on any atom is -0.271 e. The molecule has 0 aromatic heterocycles. The predicted molar refractivity (Wildman–Crippen MR) is 65.7 cm³/mol. The third-order valence-electron chi connectivity index (χ3n) is 2.04. The van der Waals surface area contributed by atoms with E-state index in [2.05, 4.69) is 5.43 Å². The number of hydrazine groups is 1. The molecular formula is C10H7Cl3N2O. The third kappa shape index (κ3) is 2.26. The first kappa shape index (κ1) is 11.6. The van der Waals surface area contributed by atoms with E-state index in [1.54, 1.807) is 30.5 Å². The number of nitrogens with zero attached hydrogens (tertiary/aromatic N) is 1. The van der Waals surface area contributed by atoms with Crippen LogP contribution < -0.4 is 10.4 Å². The second-order valence-corrected chi connectivity index (χ2v) is 4.51. The summed E-state index contributed by atoms with van der Waals surface area (Å²) in [6, 6.07) is 7.02. The summed E-state index contributed by atoms with van der Waals surface area (Å²) < 4.78 is 0. The maximum absolute atomic E-state index is 11.4. The largest absolute Gasteiger partial charge is 0.271 e. The van der Waals surface area contributed by atoms with Crippen LogP contribution in [-0.2, 0) is 4.79 Å². The molecule has 3 nitrogen and oxygen atoms in total. The van der Waals surface area contributed by atoms with Crippen LogP contribution in [-0.4, -0.2) is 11.3 Å². The average molecular weight is 278 g/mol. The quantitative estimate of drug-likeness (QED) is 0.801. The van der Waals surface area contributed by atoms with Gasteiger partial charge in [0.25, 0.3) is 5.91 Å². The van der Waals surface area contributed by atoms with Gasteiger partial charge in [-0.15, -0.1) is 11.6 Å². The highest BCUT2D eigenvalue weighted by atomic mass is 35.5. The molecule has 0 radical (unpaired) electrons. The fourth-order valence-electron chi connectivity index (χ4n) is 1.29. The zero-order valence-electron chi connectivity index (χ0n) is 7.95. The molecule has 84 valence electrons. The van der Waals surface area contributed by atoms with Gasteiger partial charge in [0, 0.05) is 11.2 Å². The Labute approximate surface area is 108 Å². The van der Waals surface area contributed by atoms with Crippen LogP contribution in [0.5, 0.6) is 0 Å². The molecule has 1 atom stereocenters. The number of halogens is 3. The molecule has 1 heterocycles. The SMILES string of the molecule is O=C1NN(c2cccc(Cl)c2)C=C(Cl)C1Cl. The van der Waals surface area contributed by atoms with Crippen molar-refractivity contribution >= 4 is 46.4 Å². The van der Waals surface area contributed by atoms with E-state index in [0.717, 1.165) is 0 Å². The van der Waals surface area contributed by atoms with Crippen LogP contribution in [0.2, 0.25) is 5.02 Å². The van der Waals surface area contributed by atoms with Crippen LogP contribution in [0.3, 0.4) is 0 Å². The van der Waals surface area contributed by atoms with E-state index in [0.29, 0.717) is 10.7 Å². The molecule has 1 unspecified atom stereocenters. The standard InChI is InChI=1S/C10H7Cl3N2O/c11-6-2-1-3-7(4-6)15-5-8(12)9(13)10(16)14-15/h1-5,9H,(H,14,16). The second-order valence-electron chi connectivity index (χ2n) is 3.20. The van der Waals surface area contributed by atoms with Crippen molar-refractivity contribution in [3.8, 4) is 0 Å². The Hall–Kier alpha value is -0.900. The van der Waals surface area contributed by atoms with Crippen molar-refractivity contribution in [2.24, 2.45) is 0 Å². The highest BCUT2D eigenvalue weighted by Crippen LogP contribution is 2.25. The van der Waals surface area contributed by atoms with E-state index < -0.39 is 5.38 Å². The molecule has 1 aromatic carbocycles. The zero-order chi connectivity index (χ0) is 11.7. The lowest BCUT2D eigenvalue weighted by Gasteiger charge is -2.27. The number of benzene rings is 1. The molecule has 0 bridgehead atoms. The molecule has 1 aromatic rings. The molecule has 0 saturated heterocycles. The van der Waals surface area contributed by atoms with Gasteiger partial charge in [-0.1, -0.05) is 29.3 Å². The van der Waals surface area contributed by atoms with Crippen molar-refractivity contribution < 1.29 is 4.79 Å². The minimum absolute atomic E-state index is 0.269. The zero-order valence-corrected chi connectivity index (χ0v) is 10.2. The molecule has 0 aliphatic carbocycles. The van der Waals surface area contributed by atoms with E-state index in [-0.39, 0.29) is 10.9 Å². The number of nitrogens with one attached hydrogen (secondary N) is 1. The summed E-state index contributed by atoms with van der Waals surface area (Å²) in [5, 5.41) is 1.49. The lowest BCUT2D eigenvalue weighted by atomic mass is 10.3. The topological polar surface area (TPSA) is 32.3 Å². The molecule has 1 aliphatic rings. The Morgan fingerprint density at radius 1 is 1.31 bits per heavy atom. The summed E-state index contributed by atoms with van der Waals surface area (Å²) in [6.07, 6.45) is 1.55. The van der Waals surface area contributed by atoms with Gasteiger partial charge in [-0.2, -0.15) is 0 Å². The van der Waals surface area contributed by atoms with Crippen LogP contribution in [0.25, 0.3) is 0 Å². The molecule has 16 heavy (non-hydrogen) atoms. The molecule has 1 aliphatic heterocycles. The molecule has 6 heteroatoms. The van der Waals surface area contributed by atoms with Crippen molar-refractivity contribution in [1.29, 1.82) is 0 Å². The van der Waals surface area contributed by atoms with Crippen molar-refractivity contribution in [2.75, 3.05) is 5.01 Å². The molecule has 0 saturated carbocycles. The van der Waals surface area contributed by atoms with Crippen LogP contribution in [0.15, 0.2) is 35.5 Å². The summed E-state index contributed by atoms with van der Waals surface area (Å²) in [7, 11) is 0. The number of carbonyl (C=O) groups is 1. The maximum atomic E-state index is 11.4. The van der Waals surface area contributed by atoms with Gasteiger partial charge in [0.2, 0.25) is 0 Å². The molecule has 0 spiro atoms. The van der Waals surface area contributed by atoms with Gasteiger partial charge >= 0.3 is 0 Å². The fraction of sp³-hybridized carbons (Fsp3) is 0.100. The van der Waals surface area contributed by atoms with Crippen molar-refractivity contribution in [2.45, 2.75) is 5.38 Å². The number of anilines is 1. The molecule has 0 fully saturated rings. The first-order valence-corrected chi connectivity index (χ1v) is 5.64. The van der Waals surface area contributed by atoms with Gasteiger partial charge in [-0.05, 0) is 18.2 Å². The van der Waals surface area contributed by atoms with Gasteiger partial charge in [0.05, 0.1) is 10.7 Å². The molecular weight excluding hydrogens is 270 g/mol. The van der Waals surface area contributed by atoms with E-state index in [4.69, 9.17) is 34.8 Å². The van der Waals surface area contributed by atoms with Gasteiger partial charge in [-0.25, -0.2) is 0 Å². The number of carbonyl (C=O) groups excluding carboxylic acids is 1. The van der Waals surface area contributed by atoms with E-state index in [9.17, 15) is 4.79 Å². The van der Waals surface area contributed by atoms with Crippen LogP contribution in [0.4, 0.5) is 5.69 Å². The lowest BCUT2D eigenvalue weighted by molar-refractivity contribution is -0.120. The highest BCUT2D eigenvalue weighted by molar-refractivity contribution is 6.43. The Morgan fingerprint density at radius 2 is 2.06 bits per heavy atom. The van der Waals surface area contributed by atoms with Crippen LogP contribution >= 0.6 is 34.8 Å². The third-order valence-corrected chi connectivity index (χ3v) is 3.14. The summed E-state index contributed by atoms with van der Waals surface area (Å²) in [6.45, 7) is 0. The first-order valence-electron chi connectivity index (χ1n) is 4.44. The normalized spacial score (nSPS) is 20.4. The number of hydrogen-bond acceptors (Lipinski definition) is 2. The van der Waals surface area contributed by atoms with E-state index in [1.807, 2.05) is 0 Å². The average Bonchev–Trinajstić information content (AvgIpc) is 2.25. The Morgan fingerprint density at radius 3 is 2.69 bits per heavy atom. The Bertz CT molecular complexity index is 461. The molecule has 1 amide bonds. The molecule has 2 rings (SSSR count). The number of hydrogen-bond donors (Lipinski definition) is 1. The monoisotopic (exact) mass is 276 g/mol. The Kier molecular flexibility index (Phi) is 3.28. The molecule has 1 N–H and O–H groups in total. The predicted octanol–water partition coefficient (Wildman–Crippen LogP) is 2.88. The van der Waals surface area contributed by atoms with Gasteiger partial charge in [0.15, 0.2) is 5.38 Å². The summed E-state index contributed by atoms with van der Waals surface area (Å²) in [4.78, 5) is 11.4. The highest BCUT2D eigenvalue weighted by Gasteiger charge is 2.26. The summed E-state index contributed by atoms with van der Waals surface area (Å²) in [5.41, 5.74) is 3.29. The second kappa shape index (κ2) is 4.53. The van der Waals surface area contributed by atoms with Crippen LogP contribution in [0.1, 0.15) is 0 Å². The maximum Gasteiger partial charge on any atom is 0.262 e. The number of alkyl halides is 1. The van der Waals surface area contributed by atoms with Crippen LogP contribution in [0, 0.1) is 0 Å². The number of rotatable bonds is 1. The number of amides is 1. The Balaban J connectivity index is 2.33. The first-order chi connectivity index (χ1) is 7.58. The lowest BCUT2D eigenvalue weighted by Crippen LogP contribution is -2.46. The van der Waals surface area contributed by atoms with E-state index >= 15 is 0 Å². The fourth-order valence-corrected chi connectivity index (χ4v) is 1.77. The minimum atomic E-state index is -0.836. The van der Waals surface area contributed by atoms with Gasteiger partial charge in [0.1, 0.15) is 0 Å². The van der Waals surface area contributed by atoms with E-state index in [1.165, 1.54) is 5.01 Å². The van der Waals surface area contributed by atoms with Crippen molar-refractivity contribution in [3.05, 3.63) is 40.5 Å². The van der Waals surface area contributed by atoms with Crippen molar-refractivity contribution in [3.63, 3.8) is 0 Å². The van der Waals surface area contributed by atoms with Gasteiger partial charge in [-0.3, -0.25) is 15.2 Å². The summed E-state index contributed by atoms with van der Waals surface area (Å²) in [5.74, 6) is -0.367. The smallest absolute Gasteiger partial charge is 0.262 e.